The van der Waals surface area contributed by atoms with Gasteiger partial charge >= 0.3 is 0 Å². The Hall–Kier alpha value is -3.39. The lowest BCUT2D eigenvalue weighted by atomic mass is 10.2. The highest BCUT2D eigenvalue weighted by molar-refractivity contribution is 7.99. The van der Waals surface area contributed by atoms with E-state index >= 15 is 0 Å². The molecule has 8 heteroatoms. The molecule has 2 aromatic carbocycles. The highest BCUT2D eigenvalue weighted by Crippen LogP contribution is 2.31. The van der Waals surface area contributed by atoms with Gasteiger partial charge in [0.15, 0.2) is 0 Å². The summed E-state index contributed by atoms with van der Waals surface area (Å²) in [5, 5.41) is 8.15. The first-order valence-electron chi connectivity index (χ1n) is 8.95. The third-order valence-corrected chi connectivity index (χ3v) is 5.71. The van der Waals surface area contributed by atoms with Crippen LogP contribution in [0, 0.1) is 13.8 Å². The maximum Gasteiger partial charge on any atom is 0.255 e. The summed E-state index contributed by atoms with van der Waals surface area (Å²) in [5.74, 6) is 1.13. The highest BCUT2D eigenvalue weighted by atomic mass is 32.2. The zero-order valence-electron chi connectivity index (χ0n) is 16.2. The summed E-state index contributed by atoms with van der Waals surface area (Å²) in [6, 6.07) is 14.7. The van der Waals surface area contributed by atoms with Crippen LogP contribution in [0.15, 0.2) is 64.8 Å². The Balaban J connectivity index is 1.50. The van der Waals surface area contributed by atoms with Gasteiger partial charge in [-0.3, -0.25) is 4.79 Å². The molecule has 0 spiro atoms. The lowest BCUT2D eigenvalue weighted by molar-refractivity contribution is 0.102. The molecule has 4 rings (SSSR count). The number of carbonyl (C=O) groups excluding carboxylic acids is 1. The fourth-order valence-electron chi connectivity index (χ4n) is 2.79. The zero-order valence-corrected chi connectivity index (χ0v) is 17.0. The molecule has 0 saturated heterocycles. The molecule has 2 aromatic heterocycles. The molecule has 0 radical (unpaired) electrons. The first-order chi connectivity index (χ1) is 14.0. The van der Waals surface area contributed by atoms with Crippen molar-refractivity contribution < 1.29 is 9.53 Å². The molecule has 4 aromatic rings. The predicted octanol–water partition coefficient (Wildman–Crippen LogP) is 4.15. The quantitative estimate of drug-likeness (QED) is 0.502. The molecule has 0 aliphatic carbocycles. The van der Waals surface area contributed by atoms with Gasteiger partial charge in [-0.05, 0) is 62.4 Å². The summed E-state index contributed by atoms with van der Waals surface area (Å²) in [4.78, 5) is 22.1. The number of amides is 1. The van der Waals surface area contributed by atoms with Crippen molar-refractivity contribution in [2.45, 2.75) is 23.8 Å². The fourth-order valence-corrected chi connectivity index (χ4v) is 3.80. The van der Waals surface area contributed by atoms with Crippen LogP contribution in [0.3, 0.4) is 0 Å². The maximum atomic E-state index is 12.4. The summed E-state index contributed by atoms with van der Waals surface area (Å²) in [6.07, 6.45) is 1.50. The highest BCUT2D eigenvalue weighted by Gasteiger charge is 2.13. The van der Waals surface area contributed by atoms with Crippen molar-refractivity contribution in [3.05, 3.63) is 71.7 Å². The molecule has 1 amide bonds. The molecule has 0 saturated carbocycles. The average Bonchev–Trinajstić information content (AvgIpc) is 3.20. The Morgan fingerprint density at radius 2 is 1.79 bits per heavy atom. The van der Waals surface area contributed by atoms with Crippen molar-refractivity contribution in [3.8, 4) is 5.75 Å². The van der Waals surface area contributed by atoms with E-state index in [2.05, 4.69) is 20.4 Å². The lowest BCUT2D eigenvalue weighted by Crippen LogP contribution is -2.11. The third kappa shape index (κ3) is 3.93. The number of nitrogens with one attached hydrogen (secondary N) is 1. The summed E-state index contributed by atoms with van der Waals surface area (Å²) in [7, 11) is 1.59. The van der Waals surface area contributed by atoms with E-state index in [1.807, 2.05) is 38.1 Å². The molecular weight excluding hydrogens is 386 g/mol. The van der Waals surface area contributed by atoms with E-state index in [1.54, 1.807) is 47.7 Å². The second-order valence-electron chi connectivity index (χ2n) is 6.41. The number of hydrogen-bond acceptors (Lipinski definition) is 6. The number of methoxy groups -OCH3 is 1. The van der Waals surface area contributed by atoms with Gasteiger partial charge in [0.1, 0.15) is 17.1 Å². The molecule has 0 fully saturated rings. The number of benzene rings is 2. The van der Waals surface area contributed by atoms with Gasteiger partial charge in [-0.25, -0.2) is 4.98 Å². The van der Waals surface area contributed by atoms with Crippen LogP contribution < -0.4 is 10.1 Å². The van der Waals surface area contributed by atoms with Crippen molar-refractivity contribution in [2.75, 3.05) is 12.4 Å². The van der Waals surface area contributed by atoms with Crippen molar-refractivity contribution >= 4 is 29.1 Å². The van der Waals surface area contributed by atoms with Gasteiger partial charge in [0.05, 0.1) is 7.11 Å². The Morgan fingerprint density at radius 3 is 2.48 bits per heavy atom. The first kappa shape index (κ1) is 18.9. The van der Waals surface area contributed by atoms with E-state index in [9.17, 15) is 4.79 Å². The van der Waals surface area contributed by atoms with Crippen molar-refractivity contribution in [3.63, 3.8) is 0 Å². The molecule has 0 aliphatic rings. The smallest absolute Gasteiger partial charge is 0.255 e. The van der Waals surface area contributed by atoms with Crippen molar-refractivity contribution in [1.29, 1.82) is 0 Å². The number of rotatable bonds is 5. The Kier molecular flexibility index (Phi) is 5.18. The van der Waals surface area contributed by atoms with Gasteiger partial charge in [-0.15, -0.1) is 0 Å². The summed E-state index contributed by atoms with van der Waals surface area (Å²) in [6.45, 7) is 3.99. The topological polar surface area (TPSA) is 81.4 Å². The molecule has 7 nitrogen and oxygen atoms in total. The van der Waals surface area contributed by atoms with Crippen LogP contribution in [0.4, 0.5) is 5.69 Å². The maximum absolute atomic E-state index is 12.4. The van der Waals surface area contributed by atoms with Gasteiger partial charge < -0.3 is 10.1 Å². The summed E-state index contributed by atoms with van der Waals surface area (Å²) < 4.78 is 6.86. The van der Waals surface area contributed by atoms with Crippen LogP contribution in [-0.4, -0.2) is 32.6 Å². The number of nitrogens with zero attached hydrogens (tertiary/aromatic N) is 4. The third-order valence-electron chi connectivity index (χ3n) is 4.53. The first-order valence-corrected chi connectivity index (χ1v) is 9.77. The average molecular weight is 405 g/mol. The minimum absolute atomic E-state index is 0.169. The van der Waals surface area contributed by atoms with Crippen LogP contribution >= 0.6 is 11.8 Å². The SMILES string of the molecule is COc1ccc(C(=O)Nc2ccc(Sc3c(C)c(C)nc4ncnn34)cc2)cc1. The van der Waals surface area contributed by atoms with Gasteiger partial charge in [0.2, 0.25) is 0 Å². The Morgan fingerprint density at radius 1 is 1.07 bits per heavy atom. The molecule has 146 valence electrons. The number of fused-ring (bicyclic) bond motifs is 1. The minimum Gasteiger partial charge on any atom is -0.497 e. The monoisotopic (exact) mass is 405 g/mol. The van der Waals surface area contributed by atoms with E-state index in [4.69, 9.17) is 4.74 Å². The number of carbonyl (C=O) groups is 1. The summed E-state index contributed by atoms with van der Waals surface area (Å²) >= 11 is 1.58. The molecular formula is C21H19N5O2S. The van der Waals surface area contributed by atoms with Crippen LogP contribution in [0.25, 0.3) is 5.78 Å². The molecule has 1 N–H and O–H groups in total. The fraction of sp³-hybridized carbons (Fsp3) is 0.143. The number of hydrogen-bond donors (Lipinski definition) is 1. The van der Waals surface area contributed by atoms with E-state index < -0.39 is 0 Å². The van der Waals surface area contributed by atoms with E-state index in [1.165, 1.54) is 6.33 Å². The predicted molar refractivity (Wildman–Crippen MR) is 112 cm³/mol. The molecule has 0 bridgehead atoms. The standard InChI is InChI=1S/C21H19N5O2S/c1-13-14(2)24-21-22-12-23-26(21)20(13)29-18-10-6-16(7-11-18)25-19(27)15-4-8-17(28-3)9-5-15/h4-12H,1-3H3,(H,25,27). The number of aromatic nitrogens is 4. The van der Waals surface area contributed by atoms with Crippen molar-refractivity contribution in [1.82, 2.24) is 19.6 Å². The Labute approximate surface area is 172 Å². The van der Waals surface area contributed by atoms with Crippen LogP contribution in [-0.2, 0) is 0 Å². The van der Waals surface area contributed by atoms with Gasteiger partial charge in [-0.1, -0.05) is 11.8 Å². The van der Waals surface area contributed by atoms with Gasteiger partial charge in [-0.2, -0.15) is 14.6 Å². The number of aryl methyl sites for hydroxylation is 1. The normalized spacial score (nSPS) is 10.9. The zero-order chi connectivity index (χ0) is 20.4. The molecule has 0 atom stereocenters. The van der Waals surface area contributed by atoms with Crippen LogP contribution in [0.1, 0.15) is 21.6 Å². The van der Waals surface area contributed by atoms with Gasteiger partial charge in [0.25, 0.3) is 11.7 Å². The summed E-state index contributed by atoms with van der Waals surface area (Å²) in [5.41, 5.74) is 3.28. The molecule has 0 aliphatic heterocycles. The number of ether oxygens (including phenoxy) is 1. The van der Waals surface area contributed by atoms with E-state index in [0.717, 1.165) is 26.9 Å². The molecule has 2 heterocycles. The van der Waals surface area contributed by atoms with Gasteiger partial charge in [0, 0.05) is 27.4 Å². The van der Waals surface area contributed by atoms with E-state index in [-0.39, 0.29) is 5.91 Å². The van der Waals surface area contributed by atoms with Crippen LogP contribution in [0.2, 0.25) is 0 Å². The molecule has 29 heavy (non-hydrogen) atoms. The second-order valence-corrected chi connectivity index (χ2v) is 7.47. The lowest BCUT2D eigenvalue weighted by Gasteiger charge is -2.10. The Bertz CT molecular complexity index is 1170. The minimum atomic E-state index is -0.169. The van der Waals surface area contributed by atoms with E-state index in [0.29, 0.717) is 17.1 Å². The van der Waals surface area contributed by atoms with Crippen LogP contribution in [0.5, 0.6) is 5.75 Å². The van der Waals surface area contributed by atoms with Crippen molar-refractivity contribution in [2.24, 2.45) is 0 Å². The number of anilines is 1. The second kappa shape index (κ2) is 7.92. The molecule has 0 unspecified atom stereocenters. The largest absolute Gasteiger partial charge is 0.497 e.